The van der Waals surface area contributed by atoms with E-state index in [0.717, 1.165) is 12.8 Å². The molecule has 0 saturated heterocycles. The highest BCUT2D eigenvalue weighted by molar-refractivity contribution is 9.10. The van der Waals surface area contributed by atoms with Crippen LogP contribution in [0.15, 0.2) is 0 Å². The molecule has 2 aliphatic rings. The van der Waals surface area contributed by atoms with Gasteiger partial charge in [0.25, 0.3) is 0 Å². The van der Waals surface area contributed by atoms with Crippen molar-refractivity contribution in [2.24, 2.45) is 22.7 Å². The summed E-state index contributed by atoms with van der Waals surface area (Å²) >= 11 is 3.56. The number of aliphatic hydroxyl groups excluding tert-OH is 1. The second-order valence-corrected chi connectivity index (χ2v) is 15.9. The van der Waals surface area contributed by atoms with E-state index >= 15 is 0 Å². The Bertz CT molecular complexity index is 528. The Morgan fingerprint density at radius 1 is 1.28 bits per heavy atom. The van der Waals surface area contributed by atoms with Gasteiger partial charge in [-0.3, -0.25) is 4.79 Å². The fourth-order valence-corrected chi connectivity index (χ4v) is 7.39. The summed E-state index contributed by atoms with van der Waals surface area (Å²) in [6.07, 6.45) is 2.96. The number of fused-ring (bicyclic) bond motifs is 2. The molecule has 25 heavy (non-hydrogen) atoms. The summed E-state index contributed by atoms with van der Waals surface area (Å²) in [5, 5.41) is 10.6. The van der Waals surface area contributed by atoms with Crippen LogP contribution in [0.1, 0.15) is 60.3 Å². The lowest BCUT2D eigenvalue weighted by molar-refractivity contribution is -0.152. The van der Waals surface area contributed by atoms with Crippen LogP contribution in [-0.4, -0.2) is 35.7 Å². The number of rotatable bonds is 7. The summed E-state index contributed by atoms with van der Waals surface area (Å²) in [5.74, 6) is 0.935. The van der Waals surface area contributed by atoms with Crippen molar-refractivity contribution >= 4 is 30.0 Å². The van der Waals surface area contributed by atoms with Gasteiger partial charge >= 0.3 is 0 Å². The lowest BCUT2D eigenvalue weighted by Gasteiger charge is -2.51. The van der Waals surface area contributed by atoms with Crippen molar-refractivity contribution in [2.45, 2.75) is 96.5 Å². The minimum absolute atomic E-state index is 0.0702. The van der Waals surface area contributed by atoms with Crippen molar-refractivity contribution in [3.63, 3.8) is 0 Å². The Hall–Kier alpha value is 0.287. The number of carbonyl (C=O) groups excluding carboxylic acids is 1. The van der Waals surface area contributed by atoms with Crippen LogP contribution in [-0.2, 0) is 9.22 Å². The first-order valence-corrected chi connectivity index (χ1v) is 14.1. The van der Waals surface area contributed by atoms with Crippen LogP contribution in [0.3, 0.4) is 0 Å². The summed E-state index contributed by atoms with van der Waals surface area (Å²) < 4.78 is 6.75. The maximum Gasteiger partial charge on any atom is 0.185 e. The zero-order valence-electron chi connectivity index (χ0n) is 17.3. The third kappa shape index (κ3) is 3.43. The predicted molar refractivity (Wildman–Crippen MR) is 110 cm³/mol. The number of alkyl halides is 1. The van der Waals surface area contributed by atoms with Gasteiger partial charge in [0.15, 0.2) is 14.1 Å². The molecule has 1 N–H and O–H groups in total. The van der Waals surface area contributed by atoms with Crippen LogP contribution in [0.5, 0.6) is 0 Å². The Balaban J connectivity index is 2.44. The highest BCUT2D eigenvalue weighted by Gasteiger charge is 2.73. The molecule has 2 rings (SSSR count). The Labute approximate surface area is 163 Å². The van der Waals surface area contributed by atoms with Gasteiger partial charge in [0.2, 0.25) is 0 Å². The molecule has 0 radical (unpaired) electrons. The average Bonchev–Trinajstić information content (AvgIpc) is 2.75. The van der Waals surface area contributed by atoms with Gasteiger partial charge in [0.05, 0.1) is 6.10 Å². The van der Waals surface area contributed by atoms with E-state index in [-0.39, 0.29) is 16.6 Å². The molecule has 2 saturated carbocycles. The molecular weight excluding hydrogens is 396 g/mol. The van der Waals surface area contributed by atoms with Gasteiger partial charge < -0.3 is 9.53 Å². The van der Waals surface area contributed by atoms with Crippen LogP contribution in [0.2, 0.25) is 19.6 Å². The Morgan fingerprint density at radius 3 is 2.20 bits per heavy atom. The SMILES string of the molecule is CC(C)C[C@H](O)[C@@H](Br)C(=O)[C@@]1(O[Si](C)(C)C)C[C@H]2CC[C@]1(C)C2(C)C. The third-order valence-electron chi connectivity index (χ3n) is 7.04. The second kappa shape index (κ2) is 6.71. The zero-order valence-corrected chi connectivity index (χ0v) is 19.9. The molecule has 5 heteroatoms. The molecular formula is C20H37BrO3Si. The minimum atomic E-state index is -1.94. The number of aliphatic hydroxyl groups is 1. The highest BCUT2D eigenvalue weighted by Crippen LogP contribution is 2.71. The molecule has 0 heterocycles. The second-order valence-electron chi connectivity index (χ2n) is 10.5. The van der Waals surface area contributed by atoms with Crippen LogP contribution >= 0.6 is 15.9 Å². The van der Waals surface area contributed by atoms with Gasteiger partial charge in [0.1, 0.15) is 10.4 Å². The van der Waals surface area contributed by atoms with Crippen LogP contribution < -0.4 is 0 Å². The molecule has 0 spiro atoms. The Morgan fingerprint density at radius 2 is 1.84 bits per heavy atom. The lowest BCUT2D eigenvalue weighted by Crippen LogP contribution is -2.61. The smallest absolute Gasteiger partial charge is 0.185 e. The molecule has 0 aromatic carbocycles. The van der Waals surface area contributed by atoms with E-state index in [1.165, 1.54) is 6.42 Å². The molecule has 0 aliphatic heterocycles. The first-order valence-electron chi connectivity index (χ1n) is 9.74. The van der Waals surface area contributed by atoms with E-state index in [1.807, 2.05) is 0 Å². The maximum absolute atomic E-state index is 13.7. The number of carbonyl (C=O) groups is 1. The van der Waals surface area contributed by atoms with E-state index in [0.29, 0.717) is 18.3 Å². The van der Waals surface area contributed by atoms with Crippen molar-refractivity contribution in [3.05, 3.63) is 0 Å². The normalized spacial score (nSPS) is 36.7. The zero-order chi connectivity index (χ0) is 19.4. The van der Waals surface area contributed by atoms with Gasteiger partial charge in [-0.1, -0.05) is 50.5 Å². The molecule has 146 valence electrons. The first kappa shape index (κ1) is 21.6. The van der Waals surface area contributed by atoms with Crippen LogP contribution in [0.25, 0.3) is 0 Å². The van der Waals surface area contributed by atoms with Gasteiger partial charge in [-0.2, -0.15) is 0 Å². The average molecular weight is 434 g/mol. The molecule has 2 aliphatic carbocycles. The van der Waals surface area contributed by atoms with E-state index in [2.05, 4.69) is 70.2 Å². The van der Waals surface area contributed by atoms with Gasteiger partial charge in [-0.05, 0) is 62.6 Å². The first-order chi connectivity index (χ1) is 11.2. The molecule has 0 aromatic heterocycles. The molecule has 2 bridgehead atoms. The summed E-state index contributed by atoms with van der Waals surface area (Å²) in [7, 11) is -1.94. The molecule has 2 fully saturated rings. The molecule has 0 aromatic rings. The summed E-state index contributed by atoms with van der Waals surface area (Å²) in [5.41, 5.74) is -0.861. The number of hydrogen-bond donors (Lipinski definition) is 1. The van der Waals surface area contributed by atoms with Crippen molar-refractivity contribution in [1.82, 2.24) is 0 Å². The van der Waals surface area contributed by atoms with E-state index in [9.17, 15) is 9.90 Å². The summed E-state index contributed by atoms with van der Waals surface area (Å²) in [6, 6.07) is 0. The third-order valence-corrected chi connectivity index (χ3v) is 9.03. The number of ketones is 1. The fourth-order valence-electron chi connectivity index (χ4n) is 5.35. The van der Waals surface area contributed by atoms with Crippen LogP contribution in [0.4, 0.5) is 0 Å². The lowest BCUT2D eigenvalue weighted by atomic mass is 9.62. The van der Waals surface area contributed by atoms with Crippen LogP contribution in [0, 0.1) is 22.7 Å². The van der Waals surface area contributed by atoms with Crippen molar-refractivity contribution in [3.8, 4) is 0 Å². The molecule has 3 nitrogen and oxygen atoms in total. The van der Waals surface area contributed by atoms with Gasteiger partial charge in [-0.25, -0.2) is 0 Å². The number of hydrogen-bond acceptors (Lipinski definition) is 3. The standard InChI is InChI=1S/C20H37BrO3Si/c1-13(2)11-15(22)16(21)17(23)20(24-25(6,7)8)12-14-9-10-19(20,5)18(14,3)4/h13-16,22H,9-12H2,1-8H3/t14-,15+,16-,19-,20+/m1/s1. The molecule has 5 atom stereocenters. The fraction of sp³-hybridized carbons (Fsp3) is 0.950. The highest BCUT2D eigenvalue weighted by atomic mass is 79.9. The Kier molecular flexibility index (Phi) is 5.80. The van der Waals surface area contributed by atoms with Crippen molar-refractivity contribution < 1.29 is 14.3 Å². The van der Waals surface area contributed by atoms with Gasteiger partial charge in [0, 0.05) is 5.41 Å². The van der Waals surface area contributed by atoms with Crippen molar-refractivity contribution in [2.75, 3.05) is 0 Å². The largest absolute Gasteiger partial charge is 0.404 e. The monoisotopic (exact) mass is 432 g/mol. The van der Waals surface area contributed by atoms with Gasteiger partial charge in [-0.15, -0.1) is 0 Å². The van der Waals surface area contributed by atoms with E-state index < -0.39 is 24.8 Å². The summed E-state index contributed by atoms with van der Waals surface area (Å²) in [6.45, 7) is 17.5. The maximum atomic E-state index is 13.7. The van der Waals surface area contributed by atoms with Crippen molar-refractivity contribution in [1.29, 1.82) is 0 Å². The molecule has 0 unspecified atom stereocenters. The van der Waals surface area contributed by atoms with E-state index in [1.54, 1.807) is 0 Å². The molecule has 0 amide bonds. The minimum Gasteiger partial charge on any atom is -0.404 e. The quantitative estimate of drug-likeness (QED) is 0.446. The summed E-state index contributed by atoms with van der Waals surface area (Å²) in [4.78, 5) is 13.2. The number of Topliss-reactive ketones (excluding diaryl/α,β-unsaturated/α-hetero) is 1. The number of halogens is 1. The topological polar surface area (TPSA) is 46.5 Å². The predicted octanol–water partition coefficient (Wildman–Crippen LogP) is 5.16. The van der Waals surface area contributed by atoms with E-state index in [4.69, 9.17) is 4.43 Å².